The number of anilines is 1. The molecule has 28 heavy (non-hydrogen) atoms. The Balaban J connectivity index is 1.77. The molecule has 8 nitrogen and oxygen atoms in total. The normalized spacial score (nSPS) is 11.6. The summed E-state index contributed by atoms with van der Waals surface area (Å²) in [6.07, 6.45) is 0.419. The maximum absolute atomic E-state index is 12.6. The first-order chi connectivity index (χ1) is 13.5. The van der Waals surface area contributed by atoms with Gasteiger partial charge in [0.2, 0.25) is 0 Å². The highest BCUT2D eigenvalue weighted by atomic mass is 16.5. The monoisotopic (exact) mass is 382 g/mol. The summed E-state index contributed by atoms with van der Waals surface area (Å²) in [5, 5.41) is 2.61. The van der Waals surface area contributed by atoms with E-state index >= 15 is 0 Å². The minimum atomic E-state index is -1.06. The molecule has 8 heteroatoms. The van der Waals surface area contributed by atoms with Gasteiger partial charge < -0.3 is 19.2 Å². The number of oxazole rings is 1. The number of esters is 2. The zero-order chi connectivity index (χ0) is 20.1. The van der Waals surface area contributed by atoms with E-state index in [9.17, 15) is 14.4 Å². The van der Waals surface area contributed by atoms with Crippen LogP contribution in [0.1, 0.15) is 34.1 Å². The number of methoxy groups -OCH3 is 1. The molecule has 1 N–H and O–H groups in total. The van der Waals surface area contributed by atoms with Gasteiger partial charge in [0.25, 0.3) is 5.91 Å². The second-order valence-corrected chi connectivity index (χ2v) is 5.83. The third kappa shape index (κ3) is 3.85. The molecule has 1 amide bonds. The van der Waals surface area contributed by atoms with E-state index in [1.807, 2.05) is 0 Å². The molecule has 0 aliphatic heterocycles. The van der Waals surface area contributed by atoms with E-state index < -0.39 is 23.9 Å². The van der Waals surface area contributed by atoms with Crippen molar-refractivity contribution in [2.45, 2.75) is 19.4 Å². The van der Waals surface area contributed by atoms with Gasteiger partial charge in [-0.25, -0.2) is 14.6 Å². The van der Waals surface area contributed by atoms with Crippen LogP contribution in [0, 0.1) is 0 Å². The maximum Gasteiger partial charge on any atom is 0.341 e. The number of hydrogen-bond donors (Lipinski definition) is 1. The van der Waals surface area contributed by atoms with Crippen molar-refractivity contribution in [1.29, 1.82) is 0 Å². The van der Waals surface area contributed by atoms with E-state index in [1.165, 1.54) is 19.6 Å². The van der Waals surface area contributed by atoms with Crippen molar-refractivity contribution >= 4 is 34.6 Å². The number of nitrogens with zero attached hydrogens (tertiary/aromatic N) is 1. The molecule has 1 heterocycles. The number of hydrogen-bond acceptors (Lipinski definition) is 7. The Kier molecular flexibility index (Phi) is 5.69. The van der Waals surface area contributed by atoms with Crippen LogP contribution in [0.15, 0.2) is 53.3 Å². The molecule has 0 aliphatic rings. The van der Waals surface area contributed by atoms with E-state index in [2.05, 4.69) is 10.3 Å². The summed E-state index contributed by atoms with van der Waals surface area (Å²) >= 11 is 0. The van der Waals surface area contributed by atoms with Crippen molar-refractivity contribution in [3.05, 3.63) is 60.0 Å². The van der Waals surface area contributed by atoms with Crippen LogP contribution < -0.4 is 5.32 Å². The van der Waals surface area contributed by atoms with Gasteiger partial charge in [0.1, 0.15) is 5.52 Å². The lowest BCUT2D eigenvalue weighted by molar-refractivity contribution is -0.124. The summed E-state index contributed by atoms with van der Waals surface area (Å²) in [5.74, 6) is -1.83. The van der Waals surface area contributed by atoms with Crippen LogP contribution in [0.5, 0.6) is 0 Å². The molecule has 0 saturated heterocycles. The number of carbonyl (C=O) groups excluding carboxylic acids is 3. The standard InChI is InChI=1S/C20H18N2O6/c1-3-15(18(23)22-14-9-5-4-7-12(14)19(24)26-2)28-20(25)13-8-6-10-16-17(13)21-11-27-16/h4-11,15H,3H2,1-2H3,(H,22,23). The molecule has 1 aromatic heterocycles. The second kappa shape index (κ2) is 8.34. The molecular weight excluding hydrogens is 364 g/mol. The van der Waals surface area contributed by atoms with E-state index in [0.717, 1.165) is 0 Å². The van der Waals surface area contributed by atoms with Crippen molar-refractivity contribution in [3.8, 4) is 0 Å². The minimum Gasteiger partial charge on any atom is -0.465 e. The summed E-state index contributed by atoms with van der Waals surface area (Å²) in [6, 6.07) is 11.3. The number of fused-ring (bicyclic) bond motifs is 1. The summed E-state index contributed by atoms with van der Waals surface area (Å²) in [6.45, 7) is 1.71. The molecule has 3 aromatic rings. The van der Waals surface area contributed by atoms with Gasteiger partial charge in [-0.05, 0) is 30.7 Å². The van der Waals surface area contributed by atoms with Gasteiger partial charge in [0.05, 0.1) is 23.9 Å². The van der Waals surface area contributed by atoms with Gasteiger partial charge in [-0.2, -0.15) is 0 Å². The molecule has 3 rings (SSSR count). The lowest BCUT2D eigenvalue weighted by atomic mass is 10.1. The highest BCUT2D eigenvalue weighted by Crippen LogP contribution is 2.20. The summed E-state index contributed by atoms with van der Waals surface area (Å²) < 4.78 is 15.3. The molecule has 0 fully saturated rings. The zero-order valence-electron chi connectivity index (χ0n) is 15.3. The fourth-order valence-corrected chi connectivity index (χ4v) is 2.66. The lowest BCUT2D eigenvalue weighted by Gasteiger charge is -2.17. The number of carbonyl (C=O) groups is 3. The Morgan fingerprint density at radius 1 is 1.07 bits per heavy atom. The van der Waals surface area contributed by atoms with Gasteiger partial charge >= 0.3 is 11.9 Å². The number of rotatable bonds is 6. The zero-order valence-corrected chi connectivity index (χ0v) is 15.3. The predicted molar refractivity (Wildman–Crippen MR) is 99.9 cm³/mol. The summed E-state index contributed by atoms with van der Waals surface area (Å²) in [4.78, 5) is 41.0. The van der Waals surface area contributed by atoms with Crippen LogP contribution >= 0.6 is 0 Å². The van der Waals surface area contributed by atoms with Gasteiger partial charge in [-0.1, -0.05) is 25.1 Å². The lowest BCUT2D eigenvalue weighted by Crippen LogP contribution is -2.32. The molecule has 0 bridgehead atoms. The first kappa shape index (κ1) is 19.1. The topological polar surface area (TPSA) is 108 Å². The van der Waals surface area contributed by atoms with E-state index in [-0.39, 0.29) is 23.2 Å². The predicted octanol–water partition coefficient (Wildman–Crippen LogP) is 3.19. The molecule has 0 spiro atoms. The van der Waals surface area contributed by atoms with Crippen molar-refractivity contribution < 1.29 is 28.3 Å². The molecule has 0 saturated carbocycles. The highest BCUT2D eigenvalue weighted by Gasteiger charge is 2.25. The van der Waals surface area contributed by atoms with Crippen LogP contribution in [0.2, 0.25) is 0 Å². The number of para-hydroxylation sites is 2. The van der Waals surface area contributed by atoms with Gasteiger partial charge in [0.15, 0.2) is 18.1 Å². The van der Waals surface area contributed by atoms with Crippen LogP contribution in [0.3, 0.4) is 0 Å². The van der Waals surface area contributed by atoms with Gasteiger partial charge in [0, 0.05) is 0 Å². The molecule has 0 aliphatic carbocycles. The number of nitrogens with one attached hydrogen (secondary N) is 1. The molecule has 1 unspecified atom stereocenters. The van der Waals surface area contributed by atoms with Crippen molar-refractivity contribution in [3.63, 3.8) is 0 Å². The first-order valence-corrected chi connectivity index (χ1v) is 8.56. The Morgan fingerprint density at radius 3 is 2.57 bits per heavy atom. The smallest absolute Gasteiger partial charge is 0.341 e. The van der Waals surface area contributed by atoms with Crippen LogP contribution in [-0.2, 0) is 14.3 Å². The average Bonchev–Trinajstić information content (AvgIpc) is 3.20. The quantitative estimate of drug-likeness (QED) is 0.652. The van der Waals surface area contributed by atoms with Gasteiger partial charge in [-0.15, -0.1) is 0 Å². The van der Waals surface area contributed by atoms with E-state index in [1.54, 1.807) is 43.3 Å². The second-order valence-electron chi connectivity index (χ2n) is 5.83. The molecule has 0 radical (unpaired) electrons. The number of amides is 1. The summed E-state index contributed by atoms with van der Waals surface area (Å²) in [5.41, 5.74) is 1.48. The van der Waals surface area contributed by atoms with Crippen molar-refractivity contribution in [2.75, 3.05) is 12.4 Å². The fourth-order valence-electron chi connectivity index (χ4n) is 2.66. The van der Waals surface area contributed by atoms with Gasteiger partial charge in [-0.3, -0.25) is 4.79 Å². The summed E-state index contributed by atoms with van der Waals surface area (Å²) in [7, 11) is 1.25. The van der Waals surface area contributed by atoms with Crippen LogP contribution in [0.4, 0.5) is 5.69 Å². The maximum atomic E-state index is 12.6. The Labute approximate surface area is 160 Å². The number of benzene rings is 2. The van der Waals surface area contributed by atoms with Crippen molar-refractivity contribution in [1.82, 2.24) is 4.98 Å². The van der Waals surface area contributed by atoms with Crippen LogP contribution in [0.25, 0.3) is 11.1 Å². The fraction of sp³-hybridized carbons (Fsp3) is 0.200. The van der Waals surface area contributed by atoms with E-state index in [0.29, 0.717) is 11.1 Å². The number of ether oxygens (including phenoxy) is 2. The Bertz CT molecular complexity index is 1030. The van der Waals surface area contributed by atoms with Crippen molar-refractivity contribution in [2.24, 2.45) is 0 Å². The minimum absolute atomic E-state index is 0.201. The SMILES string of the molecule is CCC(OC(=O)c1cccc2ocnc12)C(=O)Nc1ccccc1C(=O)OC. The largest absolute Gasteiger partial charge is 0.465 e. The molecule has 2 aromatic carbocycles. The molecule has 1 atom stereocenters. The molecule has 144 valence electrons. The third-order valence-electron chi connectivity index (χ3n) is 4.08. The van der Waals surface area contributed by atoms with E-state index in [4.69, 9.17) is 13.9 Å². The first-order valence-electron chi connectivity index (χ1n) is 8.56. The third-order valence-corrected chi connectivity index (χ3v) is 4.08. The molecular formula is C20H18N2O6. The van der Waals surface area contributed by atoms with Crippen LogP contribution in [-0.4, -0.2) is 36.0 Å². The Hall–Kier alpha value is -3.68. The average molecular weight is 382 g/mol. The Morgan fingerprint density at radius 2 is 1.82 bits per heavy atom. The number of aromatic nitrogens is 1. The highest BCUT2D eigenvalue weighted by molar-refractivity contribution is 6.05.